The largest absolute Gasteiger partial charge is 0.380 e. The Morgan fingerprint density at radius 2 is 2.07 bits per heavy atom. The molecule has 152 valence electrons. The van der Waals surface area contributed by atoms with E-state index in [9.17, 15) is 4.79 Å². The smallest absolute Gasteiger partial charge is 0.265 e. The summed E-state index contributed by atoms with van der Waals surface area (Å²) in [5.41, 5.74) is 8.30. The second kappa shape index (κ2) is 8.48. The minimum atomic E-state index is -0.499. The van der Waals surface area contributed by atoms with Crippen LogP contribution < -0.4 is 16.4 Å². The number of nitrogens with one attached hydrogen (secondary N) is 3. The lowest BCUT2D eigenvalue weighted by atomic mass is 9.97. The average molecular weight is 393 g/mol. The summed E-state index contributed by atoms with van der Waals surface area (Å²) in [6, 6.07) is 7.70. The van der Waals surface area contributed by atoms with Gasteiger partial charge in [-0.2, -0.15) is 0 Å². The number of nitrogens with zero attached hydrogens (tertiary/aromatic N) is 3. The van der Waals surface area contributed by atoms with Gasteiger partial charge in [0, 0.05) is 36.6 Å². The molecule has 0 bridgehead atoms. The number of primary amides is 1. The molecule has 0 saturated carbocycles. The molecule has 8 nitrogen and oxygen atoms in total. The molecule has 29 heavy (non-hydrogen) atoms. The molecule has 5 N–H and O–H groups in total. The van der Waals surface area contributed by atoms with Crippen LogP contribution in [0.2, 0.25) is 0 Å². The Kier molecular flexibility index (Phi) is 5.62. The van der Waals surface area contributed by atoms with Gasteiger partial charge < -0.3 is 26.3 Å². The Morgan fingerprint density at radius 1 is 1.24 bits per heavy atom. The number of pyridine rings is 2. The molecule has 0 aromatic carbocycles. The van der Waals surface area contributed by atoms with Crippen LogP contribution in [0.15, 0.2) is 36.7 Å². The molecule has 0 aliphatic carbocycles. The number of amides is 1. The Labute approximate surface area is 169 Å². The maximum Gasteiger partial charge on any atom is 0.265 e. The Hall–Kier alpha value is -3.13. The molecule has 1 saturated heterocycles. The van der Waals surface area contributed by atoms with Crippen LogP contribution in [0, 0.1) is 5.92 Å². The number of hydrogen-bond acceptors (Lipinski definition) is 6. The summed E-state index contributed by atoms with van der Waals surface area (Å²) in [6.45, 7) is 3.95. The summed E-state index contributed by atoms with van der Waals surface area (Å²) in [5.74, 6) is 1.13. The van der Waals surface area contributed by atoms with Crippen molar-refractivity contribution in [1.82, 2.24) is 19.9 Å². The Morgan fingerprint density at radius 3 is 2.79 bits per heavy atom. The summed E-state index contributed by atoms with van der Waals surface area (Å²) in [4.78, 5) is 25.5. The third kappa shape index (κ3) is 4.65. The number of anilines is 2. The van der Waals surface area contributed by atoms with Crippen molar-refractivity contribution in [3.8, 4) is 0 Å². The minimum Gasteiger partial charge on any atom is -0.380 e. The maximum atomic E-state index is 11.4. The van der Waals surface area contributed by atoms with Gasteiger partial charge in [-0.3, -0.25) is 4.79 Å². The number of aromatic nitrogens is 3. The maximum absolute atomic E-state index is 11.4. The third-order valence-electron chi connectivity index (χ3n) is 5.52. The van der Waals surface area contributed by atoms with Crippen LogP contribution in [-0.4, -0.2) is 52.4 Å². The lowest BCUT2D eigenvalue weighted by molar-refractivity contribution is 0.0996. The fourth-order valence-electron chi connectivity index (χ4n) is 3.66. The van der Waals surface area contributed by atoms with Crippen LogP contribution in [0.4, 0.5) is 11.5 Å². The van der Waals surface area contributed by atoms with Gasteiger partial charge in [-0.05, 0) is 62.7 Å². The molecule has 0 radical (unpaired) electrons. The van der Waals surface area contributed by atoms with Crippen LogP contribution in [0.3, 0.4) is 0 Å². The summed E-state index contributed by atoms with van der Waals surface area (Å²) in [7, 11) is 2.18. The molecule has 1 aliphatic rings. The van der Waals surface area contributed by atoms with Gasteiger partial charge in [-0.15, -0.1) is 0 Å². The topological polar surface area (TPSA) is 112 Å². The molecule has 4 heterocycles. The molecule has 1 aliphatic heterocycles. The van der Waals surface area contributed by atoms with Crippen molar-refractivity contribution in [2.45, 2.75) is 19.4 Å². The van der Waals surface area contributed by atoms with E-state index < -0.39 is 5.91 Å². The van der Waals surface area contributed by atoms with E-state index in [1.807, 2.05) is 18.3 Å². The van der Waals surface area contributed by atoms with Crippen molar-refractivity contribution in [3.05, 3.63) is 47.9 Å². The number of aromatic amines is 1. The number of H-pyrrole nitrogens is 1. The first-order chi connectivity index (χ1) is 14.1. The standard InChI is InChI=1S/C21H27N7O/c1-28-8-5-14(6-9-28)11-25-19-3-2-15(13-26-19)12-24-17-4-7-23-21-16(17)10-18(27-21)20(22)29/h2-4,7,10,13-14H,5-6,8-9,11-12H2,1H3,(H2,22,29)(H,25,26)(H2,23,24,27). The molecule has 0 spiro atoms. The molecule has 3 aromatic heterocycles. The van der Waals surface area contributed by atoms with E-state index in [-0.39, 0.29) is 0 Å². The van der Waals surface area contributed by atoms with Gasteiger partial charge >= 0.3 is 0 Å². The van der Waals surface area contributed by atoms with Crippen molar-refractivity contribution in [1.29, 1.82) is 0 Å². The quantitative estimate of drug-likeness (QED) is 0.490. The van der Waals surface area contributed by atoms with Gasteiger partial charge in [0.1, 0.15) is 17.2 Å². The highest BCUT2D eigenvalue weighted by molar-refractivity contribution is 5.99. The van der Waals surface area contributed by atoms with E-state index in [4.69, 9.17) is 5.73 Å². The van der Waals surface area contributed by atoms with Crippen molar-refractivity contribution < 1.29 is 4.79 Å². The molecule has 8 heteroatoms. The lowest BCUT2D eigenvalue weighted by Crippen LogP contribution is -2.33. The number of carbonyl (C=O) groups is 1. The van der Waals surface area contributed by atoms with E-state index in [0.29, 0.717) is 17.9 Å². The number of piperidine rings is 1. The summed E-state index contributed by atoms with van der Waals surface area (Å²) in [6.07, 6.45) is 6.06. The van der Waals surface area contributed by atoms with Gasteiger partial charge in [-0.25, -0.2) is 9.97 Å². The minimum absolute atomic E-state index is 0.350. The average Bonchev–Trinajstić information content (AvgIpc) is 3.18. The highest BCUT2D eigenvalue weighted by Crippen LogP contribution is 2.23. The highest BCUT2D eigenvalue weighted by atomic mass is 16.1. The normalized spacial score (nSPS) is 15.5. The third-order valence-corrected chi connectivity index (χ3v) is 5.52. The predicted octanol–water partition coefficient (Wildman–Crippen LogP) is 2.42. The van der Waals surface area contributed by atoms with Crippen LogP contribution in [0.5, 0.6) is 0 Å². The van der Waals surface area contributed by atoms with Gasteiger partial charge in [0.05, 0.1) is 0 Å². The predicted molar refractivity (Wildman–Crippen MR) is 115 cm³/mol. The summed E-state index contributed by atoms with van der Waals surface area (Å²) >= 11 is 0. The molecular formula is C21H27N7O. The number of likely N-dealkylation sites (tertiary alicyclic amines) is 1. The number of nitrogens with two attached hydrogens (primary N) is 1. The first-order valence-electron chi connectivity index (χ1n) is 9.97. The van der Waals surface area contributed by atoms with Crippen molar-refractivity contribution >= 4 is 28.4 Å². The fraction of sp³-hybridized carbons (Fsp3) is 0.381. The van der Waals surface area contributed by atoms with Crippen LogP contribution in [0.1, 0.15) is 28.9 Å². The molecule has 0 unspecified atom stereocenters. The Balaban J connectivity index is 1.33. The van der Waals surface area contributed by atoms with E-state index in [0.717, 1.165) is 34.9 Å². The Bertz CT molecular complexity index is 974. The number of hydrogen-bond donors (Lipinski definition) is 4. The number of rotatable bonds is 7. The zero-order chi connectivity index (χ0) is 20.2. The van der Waals surface area contributed by atoms with Crippen molar-refractivity contribution in [2.24, 2.45) is 11.7 Å². The molecule has 4 rings (SSSR count). The van der Waals surface area contributed by atoms with Crippen LogP contribution in [-0.2, 0) is 6.54 Å². The monoisotopic (exact) mass is 393 g/mol. The molecule has 3 aromatic rings. The van der Waals surface area contributed by atoms with Gasteiger partial charge in [-0.1, -0.05) is 6.07 Å². The second-order valence-electron chi connectivity index (χ2n) is 7.70. The fourth-order valence-corrected chi connectivity index (χ4v) is 3.66. The van der Waals surface area contributed by atoms with Gasteiger partial charge in [0.15, 0.2) is 0 Å². The lowest BCUT2D eigenvalue weighted by Gasteiger charge is -2.29. The number of carbonyl (C=O) groups excluding carboxylic acids is 1. The SMILES string of the molecule is CN1CCC(CNc2ccc(CNc3ccnc4[nH]c(C(N)=O)cc34)cn2)CC1. The van der Waals surface area contributed by atoms with E-state index >= 15 is 0 Å². The van der Waals surface area contributed by atoms with Crippen molar-refractivity contribution in [2.75, 3.05) is 37.3 Å². The summed E-state index contributed by atoms with van der Waals surface area (Å²) < 4.78 is 0. The molecule has 1 amide bonds. The highest BCUT2D eigenvalue weighted by Gasteiger charge is 2.16. The van der Waals surface area contributed by atoms with E-state index in [1.54, 1.807) is 12.3 Å². The van der Waals surface area contributed by atoms with E-state index in [1.165, 1.54) is 25.9 Å². The summed E-state index contributed by atoms with van der Waals surface area (Å²) in [5, 5.41) is 7.69. The molecule has 0 atom stereocenters. The van der Waals surface area contributed by atoms with Gasteiger partial charge in [0.2, 0.25) is 0 Å². The first-order valence-corrected chi connectivity index (χ1v) is 9.97. The second-order valence-corrected chi connectivity index (χ2v) is 7.70. The number of fused-ring (bicyclic) bond motifs is 1. The molecule has 1 fully saturated rings. The zero-order valence-corrected chi connectivity index (χ0v) is 16.6. The first kappa shape index (κ1) is 19.2. The van der Waals surface area contributed by atoms with Crippen LogP contribution >= 0.6 is 0 Å². The molecular weight excluding hydrogens is 366 g/mol. The van der Waals surface area contributed by atoms with Crippen LogP contribution in [0.25, 0.3) is 11.0 Å². The van der Waals surface area contributed by atoms with Gasteiger partial charge in [0.25, 0.3) is 5.91 Å². The zero-order valence-electron chi connectivity index (χ0n) is 16.6. The van der Waals surface area contributed by atoms with E-state index in [2.05, 4.69) is 43.6 Å². The van der Waals surface area contributed by atoms with Crippen molar-refractivity contribution in [3.63, 3.8) is 0 Å².